The highest BCUT2D eigenvalue weighted by molar-refractivity contribution is 6.34. The first kappa shape index (κ1) is 10.4. The average molecular weight is 227 g/mol. The van der Waals surface area contributed by atoms with Gasteiger partial charge in [0, 0.05) is 25.2 Å². The van der Waals surface area contributed by atoms with Crippen LogP contribution in [0.3, 0.4) is 0 Å². The van der Waals surface area contributed by atoms with Gasteiger partial charge in [-0.1, -0.05) is 11.6 Å². The van der Waals surface area contributed by atoms with E-state index in [1.165, 1.54) is 12.8 Å². The number of hydrogen-bond donors (Lipinski definition) is 1. The molecule has 0 radical (unpaired) electrons. The second-order valence-electron chi connectivity index (χ2n) is 3.74. The molecule has 1 saturated heterocycles. The van der Waals surface area contributed by atoms with Crippen molar-refractivity contribution < 1.29 is 4.74 Å². The van der Waals surface area contributed by atoms with Gasteiger partial charge in [-0.25, -0.2) is 0 Å². The Hall–Kier alpha value is -1.09. The minimum absolute atomic E-state index is 0.675. The van der Waals surface area contributed by atoms with Crippen LogP contribution in [0.15, 0.2) is 12.1 Å². The highest BCUT2D eigenvalue weighted by Crippen LogP contribution is 2.37. The molecule has 0 spiro atoms. The maximum atomic E-state index is 6.19. The lowest BCUT2D eigenvalue weighted by molar-refractivity contribution is 0.415. The first-order valence-electron chi connectivity index (χ1n) is 5.10. The number of hydrogen-bond acceptors (Lipinski definition) is 3. The van der Waals surface area contributed by atoms with E-state index >= 15 is 0 Å². The quantitative estimate of drug-likeness (QED) is 0.788. The van der Waals surface area contributed by atoms with E-state index < -0.39 is 0 Å². The summed E-state index contributed by atoms with van der Waals surface area (Å²) in [5, 5.41) is 0.675. The first-order chi connectivity index (χ1) is 7.22. The second kappa shape index (κ2) is 4.19. The Labute approximate surface area is 94.8 Å². The van der Waals surface area contributed by atoms with Gasteiger partial charge < -0.3 is 15.4 Å². The van der Waals surface area contributed by atoms with Crippen LogP contribution < -0.4 is 15.4 Å². The number of ether oxygens (including phenoxy) is 1. The van der Waals surface area contributed by atoms with Crippen LogP contribution >= 0.6 is 11.6 Å². The van der Waals surface area contributed by atoms with Crippen LogP contribution in [0, 0.1) is 0 Å². The number of methoxy groups -OCH3 is 1. The molecule has 2 rings (SSSR count). The van der Waals surface area contributed by atoms with Crippen molar-refractivity contribution in [2.24, 2.45) is 0 Å². The Kier molecular flexibility index (Phi) is 2.91. The number of benzene rings is 1. The molecule has 15 heavy (non-hydrogen) atoms. The van der Waals surface area contributed by atoms with E-state index in [0.717, 1.165) is 18.8 Å². The molecule has 3 nitrogen and oxygen atoms in total. The molecule has 0 aromatic heterocycles. The fourth-order valence-corrected chi connectivity index (χ4v) is 2.32. The van der Waals surface area contributed by atoms with Crippen molar-refractivity contribution in [2.45, 2.75) is 12.8 Å². The van der Waals surface area contributed by atoms with E-state index in [-0.39, 0.29) is 0 Å². The van der Waals surface area contributed by atoms with Crippen molar-refractivity contribution in [3.63, 3.8) is 0 Å². The molecular weight excluding hydrogens is 212 g/mol. The van der Waals surface area contributed by atoms with Gasteiger partial charge in [-0.2, -0.15) is 0 Å². The molecule has 1 heterocycles. The van der Waals surface area contributed by atoms with E-state index in [9.17, 15) is 0 Å². The van der Waals surface area contributed by atoms with Crippen LogP contribution in [-0.2, 0) is 0 Å². The van der Waals surface area contributed by atoms with Gasteiger partial charge in [0.15, 0.2) is 0 Å². The number of rotatable bonds is 2. The van der Waals surface area contributed by atoms with Gasteiger partial charge in [0.1, 0.15) is 5.75 Å². The summed E-state index contributed by atoms with van der Waals surface area (Å²) in [4.78, 5) is 2.23. The van der Waals surface area contributed by atoms with Crippen LogP contribution in [-0.4, -0.2) is 20.2 Å². The van der Waals surface area contributed by atoms with Gasteiger partial charge in [0.05, 0.1) is 23.5 Å². The molecule has 1 aromatic rings. The Bertz CT molecular complexity index is 339. The molecule has 1 aliphatic heterocycles. The summed E-state index contributed by atoms with van der Waals surface area (Å²) in [6, 6.07) is 3.63. The lowest BCUT2D eigenvalue weighted by Crippen LogP contribution is -2.19. The third-order valence-electron chi connectivity index (χ3n) is 2.72. The lowest BCUT2D eigenvalue weighted by Gasteiger charge is -2.21. The van der Waals surface area contributed by atoms with Gasteiger partial charge >= 0.3 is 0 Å². The fraction of sp³-hybridized carbons (Fsp3) is 0.455. The van der Waals surface area contributed by atoms with Crippen molar-refractivity contribution in [2.75, 3.05) is 30.8 Å². The highest BCUT2D eigenvalue weighted by Gasteiger charge is 2.18. The number of nitrogens with zero attached hydrogens (tertiary/aromatic N) is 1. The van der Waals surface area contributed by atoms with Gasteiger partial charge in [-0.3, -0.25) is 0 Å². The topological polar surface area (TPSA) is 38.5 Å². The van der Waals surface area contributed by atoms with E-state index in [4.69, 9.17) is 22.1 Å². The van der Waals surface area contributed by atoms with Crippen molar-refractivity contribution >= 4 is 23.0 Å². The summed E-state index contributed by atoms with van der Waals surface area (Å²) < 4.78 is 5.11. The molecule has 82 valence electrons. The van der Waals surface area contributed by atoms with Gasteiger partial charge in [0.2, 0.25) is 0 Å². The van der Waals surface area contributed by atoms with E-state index in [1.807, 2.05) is 12.1 Å². The van der Waals surface area contributed by atoms with Crippen LogP contribution in [0.25, 0.3) is 0 Å². The summed E-state index contributed by atoms with van der Waals surface area (Å²) in [7, 11) is 1.61. The summed E-state index contributed by atoms with van der Waals surface area (Å²) in [6.45, 7) is 2.08. The standard InChI is InChI=1S/C11H15ClN2O/c1-15-8-6-9(12)11(10(13)7-8)14-4-2-3-5-14/h6-7H,2-5,13H2,1H3. The first-order valence-corrected chi connectivity index (χ1v) is 5.48. The molecule has 0 saturated carbocycles. The number of anilines is 2. The molecular formula is C11H15ClN2O. The van der Waals surface area contributed by atoms with E-state index in [1.54, 1.807) is 7.11 Å². The monoisotopic (exact) mass is 226 g/mol. The molecule has 2 N–H and O–H groups in total. The molecule has 0 amide bonds. The third-order valence-corrected chi connectivity index (χ3v) is 3.01. The Morgan fingerprint density at radius 1 is 1.33 bits per heavy atom. The Morgan fingerprint density at radius 2 is 2.00 bits per heavy atom. The summed E-state index contributed by atoms with van der Waals surface area (Å²) in [5.74, 6) is 0.709. The molecule has 1 aromatic carbocycles. The normalized spacial score (nSPS) is 15.7. The smallest absolute Gasteiger partial charge is 0.122 e. The predicted molar refractivity (Wildman–Crippen MR) is 63.9 cm³/mol. The maximum absolute atomic E-state index is 6.19. The van der Waals surface area contributed by atoms with Crippen molar-refractivity contribution in [1.82, 2.24) is 0 Å². The van der Waals surface area contributed by atoms with Gasteiger partial charge in [-0.15, -0.1) is 0 Å². The molecule has 1 aliphatic rings. The van der Waals surface area contributed by atoms with Crippen molar-refractivity contribution in [3.05, 3.63) is 17.2 Å². The van der Waals surface area contributed by atoms with Crippen molar-refractivity contribution in [1.29, 1.82) is 0 Å². The lowest BCUT2D eigenvalue weighted by atomic mass is 10.2. The van der Waals surface area contributed by atoms with E-state index in [2.05, 4.69) is 4.90 Å². The number of halogens is 1. The summed E-state index contributed by atoms with van der Waals surface area (Å²) >= 11 is 6.19. The molecule has 4 heteroatoms. The van der Waals surface area contributed by atoms with Crippen molar-refractivity contribution in [3.8, 4) is 5.75 Å². The summed E-state index contributed by atoms with van der Waals surface area (Å²) in [6.07, 6.45) is 2.42. The SMILES string of the molecule is COc1cc(N)c(N2CCCC2)c(Cl)c1. The predicted octanol–water partition coefficient (Wildman–Crippen LogP) is 2.53. The zero-order valence-electron chi connectivity index (χ0n) is 8.79. The van der Waals surface area contributed by atoms with E-state index in [0.29, 0.717) is 16.5 Å². The molecule has 0 aliphatic carbocycles. The van der Waals surface area contributed by atoms with Gasteiger partial charge in [0.25, 0.3) is 0 Å². The maximum Gasteiger partial charge on any atom is 0.122 e. The highest BCUT2D eigenvalue weighted by atomic mass is 35.5. The molecule has 0 unspecified atom stereocenters. The minimum Gasteiger partial charge on any atom is -0.497 e. The van der Waals surface area contributed by atoms with Crippen LogP contribution in [0.1, 0.15) is 12.8 Å². The van der Waals surface area contributed by atoms with Crippen LogP contribution in [0.2, 0.25) is 5.02 Å². The largest absolute Gasteiger partial charge is 0.497 e. The van der Waals surface area contributed by atoms with Gasteiger partial charge in [-0.05, 0) is 12.8 Å². The molecule has 0 atom stereocenters. The average Bonchev–Trinajstić information content (AvgIpc) is 2.69. The molecule has 0 bridgehead atoms. The summed E-state index contributed by atoms with van der Waals surface area (Å²) in [5.41, 5.74) is 7.62. The van der Waals surface area contributed by atoms with Crippen LogP contribution in [0.4, 0.5) is 11.4 Å². The number of nitrogen functional groups attached to an aromatic ring is 1. The Morgan fingerprint density at radius 3 is 2.53 bits per heavy atom. The second-order valence-corrected chi connectivity index (χ2v) is 4.15. The minimum atomic E-state index is 0.675. The van der Waals surface area contributed by atoms with Crippen LogP contribution in [0.5, 0.6) is 5.75 Å². The Balaban J connectivity index is 2.37. The molecule has 1 fully saturated rings. The zero-order valence-corrected chi connectivity index (χ0v) is 9.55. The number of nitrogens with two attached hydrogens (primary N) is 1. The zero-order chi connectivity index (χ0) is 10.8. The third kappa shape index (κ3) is 1.97. The fourth-order valence-electron chi connectivity index (χ4n) is 1.99.